The van der Waals surface area contributed by atoms with Gasteiger partial charge in [0.1, 0.15) is 5.75 Å². The second-order valence-corrected chi connectivity index (χ2v) is 7.89. The van der Waals surface area contributed by atoms with Crippen molar-refractivity contribution < 1.29 is 23.8 Å². The summed E-state index contributed by atoms with van der Waals surface area (Å²) >= 11 is 12.9. The molecule has 0 radical (unpaired) electrons. The Balaban J connectivity index is 1.77. The van der Waals surface area contributed by atoms with E-state index < -0.39 is 11.2 Å². The number of carbonyl (C=O) groups excluding carboxylic acids is 1. The molecule has 0 bridgehead atoms. The lowest BCUT2D eigenvalue weighted by atomic mass is 10.3. The molecule has 0 fully saturated rings. The Bertz CT molecular complexity index is 975. The molecule has 0 saturated carbocycles. The average molecular weight is 440 g/mol. The number of carbonyl (C=O) groups is 1. The lowest BCUT2D eigenvalue weighted by Gasteiger charge is -2.11. The van der Waals surface area contributed by atoms with Crippen LogP contribution in [0.5, 0.6) is 11.7 Å². The predicted molar refractivity (Wildman–Crippen MR) is 104 cm³/mol. The molecular formula is C18H15Cl2N3O4S. The number of hydrogen-bond acceptors (Lipinski definition) is 6. The van der Waals surface area contributed by atoms with Gasteiger partial charge in [-0.25, -0.2) is 0 Å². The minimum atomic E-state index is -0.633. The van der Waals surface area contributed by atoms with Crippen molar-refractivity contribution >= 4 is 46.6 Å². The summed E-state index contributed by atoms with van der Waals surface area (Å²) in [6.45, 7) is 1.66. The first-order chi connectivity index (χ1) is 13.4. The fourth-order valence-corrected chi connectivity index (χ4v) is 3.72. The van der Waals surface area contributed by atoms with Gasteiger partial charge in [-0.1, -0.05) is 23.2 Å². The Morgan fingerprint density at radius 3 is 2.50 bits per heavy atom. The Morgan fingerprint density at radius 1 is 1.25 bits per heavy atom. The Labute approximate surface area is 175 Å². The molecule has 0 aliphatic carbocycles. The fourth-order valence-electron chi connectivity index (χ4n) is 2.32. The van der Waals surface area contributed by atoms with Gasteiger partial charge in [-0.3, -0.25) is 4.79 Å². The van der Waals surface area contributed by atoms with Gasteiger partial charge in [-0.2, -0.15) is 0 Å². The average Bonchev–Trinajstić information content (AvgIpc) is 3.01. The lowest BCUT2D eigenvalue weighted by molar-refractivity contribution is -0.705. The quantitative estimate of drug-likeness (QED) is 0.466. The van der Waals surface area contributed by atoms with Gasteiger partial charge < -0.3 is 19.7 Å². The molecule has 1 amide bonds. The van der Waals surface area contributed by atoms with Crippen molar-refractivity contribution in [2.45, 2.75) is 17.2 Å². The van der Waals surface area contributed by atoms with Gasteiger partial charge in [0, 0.05) is 27.9 Å². The van der Waals surface area contributed by atoms with Crippen LogP contribution >= 0.6 is 35.0 Å². The predicted octanol–water partition coefficient (Wildman–Crippen LogP) is 3.46. The van der Waals surface area contributed by atoms with Crippen molar-refractivity contribution in [1.29, 1.82) is 0 Å². The summed E-state index contributed by atoms with van der Waals surface area (Å²) in [6, 6.07) is 11.6. The Morgan fingerprint density at radius 2 is 1.89 bits per heavy atom. The number of thioether (sulfide) groups is 1. The van der Waals surface area contributed by atoms with E-state index >= 15 is 0 Å². The third kappa shape index (κ3) is 4.70. The number of halogens is 2. The number of rotatable bonds is 6. The first-order valence-electron chi connectivity index (χ1n) is 8.04. The smallest absolute Gasteiger partial charge is 0.298 e. The van der Waals surface area contributed by atoms with Crippen LogP contribution in [0.25, 0.3) is 5.69 Å². The van der Waals surface area contributed by atoms with Gasteiger partial charge in [0.15, 0.2) is 5.95 Å². The summed E-state index contributed by atoms with van der Waals surface area (Å²) in [5, 5.41) is 18.9. The van der Waals surface area contributed by atoms with E-state index in [0.29, 0.717) is 27.2 Å². The van der Waals surface area contributed by atoms with E-state index in [4.69, 9.17) is 32.5 Å². The maximum atomic E-state index is 12.5. The highest BCUT2D eigenvalue weighted by molar-refractivity contribution is 8.00. The summed E-state index contributed by atoms with van der Waals surface area (Å²) in [5.41, 5.74) is 1.06. The SMILES string of the molecule is COc1ccc(-[n+]2noc([O-])c2SC(C)C(=O)Nc2cc(Cl)cc(Cl)c2)cc1. The second-order valence-electron chi connectivity index (χ2n) is 5.68. The largest absolute Gasteiger partial charge is 0.538 e. The van der Waals surface area contributed by atoms with Gasteiger partial charge in [-0.15, -0.1) is 0 Å². The number of nitrogens with one attached hydrogen (secondary N) is 1. The zero-order valence-electron chi connectivity index (χ0n) is 14.8. The maximum Gasteiger partial charge on any atom is 0.298 e. The molecule has 0 aliphatic heterocycles. The standard InChI is InChI=1S/C18H15Cl2N3O4S/c1-10(16(24)21-13-8-11(19)7-12(20)9-13)28-17-18(25)27-22-23(17)14-3-5-15(26-2)6-4-14/h3-10H,1-2H3,(H-,21,22,24,25). The Hall–Kier alpha value is -2.42. The number of benzene rings is 2. The first-order valence-corrected chi connectivity index (χ1v) is 9.68. The van der Waals surface area contributed by atoms with Crippen LogP contribution in [0.3, 0.4) is 0 Å². The highest BCUT2D eigenvalue weighted by Crippen LogP contribution is 2.29. The van der Waals surface area contributed by atoms with Crippen molar-refractivity contribution in [3.05, 3.63) is 52.5 Å². The van der Waals surface area contributed by atoms with Crippen LogP contribution in [0.2, 0.25) is 10.0 Å². The number of methoxy groups -OCH3 is 1. The van der Waals surface area contributed by atoms with Gasteiger partial charge in [0.05, 0.1) is 17.6 Å². The van der Waals surface area contributed by atoms with Crippen LogP contribution < -0.4 is 19.8 Å². The van der Waals surface area contributed by atoms with Gasteiger partial charge in [-0.05, 0) is 53.7 Å². The van der Waals surface area contributed by atoms with Gasteiger partial charge in [0.25, 0.3) is 5.03 Å². The molecule has 0 saturated heterocycles. The fraction of sp³-hybridized carbons (Fsp3) is 0.167. The van der Waals surface area contributed by atoms with Crippen LogP contribution in [0.15, 0.2) is 52.0 Å². The van der Waals surface area contributed by atoms with Crippen LogP contribution in [0.1, 0.15) is 6.92 Å². The van der Waals surface area contributed by atoms with Crippen molar-refractivity contribution in [3.63, 3.8) is 0 Å². The van der Waals surface area contributed by atoms with Crippen LogP contribution in [0, 0.1) is 0 Å². The van der Waals surface area contributed by atoms with Gasteiger partial charge >= 0.3 is 0 Å². The number of anilines is 1. The first kappa shape index (κ1) is 20.3. The summed E-state index contributed by atoms with van der Waals surface area (Å²) < 4.78 is 11.2. The molecule has 1 N–H and O–H groups in total. The molecule has 7 nitrogen and oxygen atoms in total. The van der Waals surface area contributed by atoms with Crippen LogP contribution in [0.4, 0.5) is 5.69 Å². The van der Waals surface area contributed by atoms with Crippen molar-refractivity contribution in [2.75, 3.05) is 12.4 Å². The van der Waals surface area contributed by atoms with E-state index in [-0.39, 0.29) is 10.9 Å². The third-order valence-corrected chi connectivity index (χ3v) is 5.24. The summed E-state index contributed by atoms with van der Waals surface area (Å²) in [7, 11) is 1.56. The molecule has 1 unspecified atom stereocenters. The van der Waals surface area contributed by atoms with Crippen molar-refractivity contribution in [1.82, 2.24) is 5.27 Å². The number of aromatic nitrogens is 2. The normalized spacial score (nSPS) is 11.9. The van der Waals surface area contributed by atoms with Crippen LogP contribution in [-0.4, -0.2) is 23.5 Å². The molecule has 0 spiro atoms. The molecule has 3 aromatic rings. The molecule has 3 rings (SSSR count). The summed E-state index contributed by atoms with van der Waals surface area (Å²) in [4.78, 5) is 12.5. The monoisotopic (exact) mass is 439 g/mol. The third-order valence-electron chi connectivity index (χ3n) is 3.68. The van der Waals surface area contributed by atoms with E-state index in [1.54, 1.807) is 56.5 Å². The maximum absolute atomic E-state index is 12.5. The molecule has 10 heteroatoms. The molecule has 28 heavy (non-hydrogen) atoms. The second kappa shape index (κ2) is 8.72. The molecule has 0 aliphatic rings. The molecule has 1 heterocycles. The lowest BCUT2D eigenvalue weighted by Crippen LogP contribution is -2.36. The van der Waals surface area contributed by atoms with Crippen molar-refractivity contribution in [3.8, 4) is 17.4 Å². The molecular weight excluding hydrogens is 425 g/mol. The summed E-state index contributed by atoms with van der Waals surface area (Å²) in [6.07, 6.45) is 0. The molecule has 2 aromatic carbocycles. The number of amides is 1. The van der Waals surface area contributed by atoms with Crippen LogP contribution in [-0.2, 0) is 4.79 Å². The summed E-state index contributed by atoms with van der Waals surface area (Å²) in [5.74, 6) is -0.297. The van der Waals surface area contributed by atoms with E-state index in [1.807, 2.05) is 0 Å². The highest BCUT2D eigenvalue weighted by atomic mass is 35.5. The van der Waals surface area contributed by atoms with E-state index in [0.717, 1.165) is 11.8 Å². The van der Waals surface area contributed by atoms with Gasteiger partial charge in [0.2, 0.25) is 11.6 Å². The zero-order valence-corrected chi connectivity index (χ0v) is 17.1. The number of ether oxygens (including phenoxy) is 1. The molecule has 1 aromatic heterocycles. The molecule has 146 valence electrons. The Kier molecular flexibility index (Phi) is 6.33. The van der Waals surface area contributed by atoms with E-state index in [1.165, 1.54) is 4.68 Å². The van der Waals surface area contributed by atoms with Crippen molar-refractivity contribution in [2.24, 2.45) is 0 Å². The minimum absolute atomic E-state index is 0.178. The van der Waals surface area contributed by atoms with E-state index in [9.17, 15) is 9.90 Å². The van der Waals surface area contributed by atoms with E-state index in [2.05, 4.69) is 10.6 Å². The molecule has 1 atom stereocenters. The topological polar surface area (TPSA) is 91.3 Å². The highest BCUT2D eigenvalue weighted by Gasteiger charge is 2.26. The minimum Gasteiger partial charge on any atom is -0.538 e. The zero-order chi connectivity index (χ0) is 20.3. The number of nitrogens with zero attached hydrogens (tertiary/aromatic N) is 2. The number of hydrogen-bond donors (Lipinski definition) is 1.